The molecule has 8 heteroatoms. The quantitative estimate of drug-likeness (QED) is 0.0269. The number of hydrogen-bond acceptors (Lipinski definition) is 7. The molecule has 290 valence electrons. The summed E-state index contributed by atoms with van der Waals surface area (Å²) in [5.41, 5.74) is 0. The molecule has 0 rings (SSSR count). The number of hydrogen-bond donors (Lipinski definition) is 0. The number of unbranched alkanes of at least 4 members (excludes halogenated alkanes) is 14. The molecule has 0 aromatic heterocycles. The van der Waals surface area contributed by atoms with E-state index in [-0.39, 0.29) is 42.8 Å². The van der Waals surface area contributed by atoms with Gasteiger partial charge in [-0.25, -0.2) is 4.79 Å². The van der Waals surface area contributed by atoms with Gasteiger partial charge in [-0.1, -0.05) is 146 Å². The number of halogens is 1. The lowest BCUT2D eigenvalue weighted by Crippen LogP contribution is -2.22. The van der Waals surface area contributed by atoms with Crippen molar-refractivity contribution < 1.29 is 33.3 Å². The molecule has 0 atom stereocenters. The molecule has 0 aromatic carbocycles. The summed E-state index contributed by atoms with van der Waals surface area (Å²) in [6.07, 6.45) is 28.5. The minimum atomic E-state index is -0.275. The fraction of sp³-hybridized carbons (Fsp3) is 0.927. The first kappa shape index (κ1) is 47.8. The zero-order chi connectivity index (χ0) is 36.2. The van der Waals surface area contributed by atoms with Gasteiger partial charge < -0.3 is 18.9 Å². The number of carbonyl (C=O) groups is 3. The molecule has 0 radical (unpaired) electrons. The van der Waals surface area contributed by atoms with E-state index in [2.05, 4.69) is 43.6 Å². The molecule has 0 fully saturated rings. The molecule has 0 aliphatic carbocycles. The van der Waals surface area contributed by atoms with Crippen LogP contribution < -0.4 is 0 Å². The summed E-state index contributed by atoms with van der Waals surface area (Å²) >= 11 is 3.32. The molecule has 7 nitrogen and oxygen atoms in total. The minimum Gasteiger partial charge on any atom is -0.462 e. The highest BCUT2D eigenvalue weighted by Crippen LogP contribution is 2.19. The first-order valence-corrected chi connectivity index (χ1v) is 21.7. The van der Waals surface area contributed by atoms with Gasteiger partial charge in [-0.15, -0.1) is 0 Å². The van der Waals surface area contributed by atoms with Gasteiger partial charge in [0.05, 0.1) is 6.61 Å². The molecule has 0 bridgehead atoms. The second kappa shape index (κ2) is 36.6. The van der Waals surface area contributed by atoms with Gasteiger partial charge in [-0.3, -0.25) is 9.59 Å². The molecule has 0 aliphatic heterocycles. The third kappa shape index (κ3) is 32.5. The first-order valence-electron chi connectivity index (χ1n) is 20.6. The van der Waals surface area contributed by atoms with Crippen molar-refractivity contribution in [3.8, 4) is 0 Å². The lowest BCUT2D eigenvalue weighted by atomic mass is 10.0. The van der Waals surface area contributed by atoms with Gasteiger partial charge in [0.25, 0.3) is 0 Å². The molecule has 0 amide bonds. The molecule has 0 unspecified atom stereocenters. The van der Waals surface area contributed by atoms with Crippen LogP contribution in [0.1, 0.15) is 207 Å². The molecule has 0 spiro atoms. The highest BCUT2D eigenvalue weighted by Gasteiger charge is 2.16. The zero-order valence-corrected chi connectivity index (χ0v) is 34.0. The van der Waals surface area contributed by atoms with E-state index in [0.717, 1.165) is 167 Å². The Balaban J connectivity index is 4.26. The van der Waals surface area contributed by atoms with Gasteiger partial charge in [0.2, 0.25) is 0 Å². The van der Waals surface area contributed by atoms with Crippen LogP contribution in [-0.2, 0) is 33.3 Å². The predicted octanol–water partition coefficient (Wildman–Crippen LogP) is 12.1. The Labute approximate surface area is 310 Å². The molecular weight excluding hydrogens is 684 g/mol. The van der Waals surface area contributed by atoms with Crippen LogP contribution >= 0.6 is 15.9 Å². The Hall–Kier alpha value is -1.15. The summed E-state index contributed by atoms with van der Waals surface area (Å²) in [5, 5.41) is 0.697. The second-order valence-corrected chi connectivity index (χ2v) is 14.8. The van der Waals surface area contributed by atoms with E-state index in [1.165, 1.54) is 0 Å². The minimum absolute atomic E-state index is 0.00285. The van der Waals surface area contributed by atoms with E-state index in [1.54, 1.807) is 0 Å². The maximum absolute atomic E-state index is 12.4. The standard InChI is InChI=1S/C41H77BrO7/c1-5-9-25-36(26-10-6-2)47-39(43)31-23-19-15-13-17-21-29-38(49-41(45)35-46-34-33-42)30-22-18-14-16-20-24-32-40(44)48-37(27-11-7-3)28-12-8-4/h36-38H,5-35H2,1-4H3. The summed E-state index contributed by atoms with van der Waals surface area (Å²) in [4.78, 5) is 37.1. The third-order valence-electron chi connectivity index (χ3n) is 9.17. The van der Waals surface area contributed by atoms with Crippen LogP contribution in [0.4, 0.5) is 0 Å². The Kier molecular flexibility index (Phi) is 35.8. The lowest BCUT2D eigenvalue weighted by molar-refractivity contribution is -0.155. The summed E-state index contributed by atoms with van der Waals surface area (Å²) in [6, 6.07) is 0. The van der Waals surface area contributed by atoms with Crippen molar-refractivity contribution in [2.45, 2.75) is 226 Å². The van der Waals surface area contributed by atoms with Crippen LogP contribution in [0.2, 0.25) is 0 Å². The van der Waals surface area contributed by atoms with Crippen molar-refractivity contribution in [3.05, 3.63) is 0 Å². The largest absolute Gasteiger partial charge is 0.462 e. The van der Waals surface area contributed by atoms with Gasteiger partial charge in [0.15, 0.2) is 0 Å². The smallest absolute Gasteiger partial charge is 0.332 e. The summed E-state index contributed by atoms with van der Waals surface area (Å²) in [5.74, 6) is -0.339. The van der Waals surface area contributed by atoms with E-state index < -0.39 is 0 Å². The lowest BCUT2D eigenvalue weighted by Gasteiger charge is -2.18. The maximum atomic E-state index is 12.4. The molecule has 49 heavy (non-hydrogen) atoms. The van der Waals surface area contributed by atoms with Crippen LogP contribution in [0.15, 0.2) is 0 Å². The normalized spacial score (nSPS) is 11.5. The van der Waals surface area contributed by atoms with Crippen molar-refractivity contribution in [3.63, 3.8) is 0 Å². The number of esters is 3. The average Bonchev–Trinajstić information content (AvgIpc) is 3.09. The van der Waals surface area contributed by atoms with Crippen molar-refractivity contribution in [2.24, 2.45) is 0 Å². The van der Waals surface area contributed by atoms with Gasteiger partial charge in [-0.2, -0.15) is 0 Å². The Morgan fingerprint density at radius 3 is 1.08 bits per heavy atom. The topological polar surface area (TPSA) is 88.1 Å². The molecule has 0 aliphatic rings. The van der Waals surface area contributed by atoms with Gasteiger partial charge in [0.1, 0.15) is 24.9 Å². The van der Waals surface area contributed by atoms with Crippen LogP contribution in [0.25, 0.3) is 0 Å². The van der Waals surface area contributed by atoms with Crippen molar-refractivity contribution in [1.29, 1.82) is 0 Å². The Bertz CT molecular complexity index is 696. The molecule has 0 N–H and O–H groups in total. The molecular formula is C41H77BrO7. The summed E-state index contributed by atoms with van der Waals surface area (Å²) in [7, 11) is 0. The predicted molar refractivity (Wildman–Crippen MR) is 206 cm³/mol. The van der Waals surface area contributed by atoms with Gasteiger partial charge >= 0.3 is 17.9 Å². The second-order valence-electron chi connectivity index (χ2n) is 14.0. The maximum Gasteiger partial charge on any atom is 0.332 e. The van der Waals surface area contributed by atoms with Crippen LogP contribution in [-0.4, -0.2) is 54.8 Å². The van der Waals surface area contributed by atoms with Gasteiger partial charge in [0, 0.05) is 18.2 Å². The number of rotatable bonds is 37. The highest BCUT2D eigenvalue weighted by molar-refractivity contribution is 9.09. The van der Waals surface area contributed by atoms with Crippen molar-refractivity contribution >= 4 is 33.8 Å². The van der Waals surface area contributed by atoms with Crippen LogP contribution in [0.3, 0.4) is 0 Å². The van der Waals surface area contributed by atoms with E-state index in [0.29, 0.717) is 24.8 Å². The van der Waals surface area contributed by atoms with E-state index in [4.69, 9.17) is 18.9 Å². The van der Waals surface area contributed by atoms with Crippen molar-refractivity contribution in [2.75, 3.05) is 18.5 Å². The van der Waals surface area contributed by atoms with E-state index >= 15 is 0 Å². The van der Waals surface area contributed by atoms with Gasteiger partial charge in [-0.05, 0) is 64.2 Å². The monoisotopic (exact) mass is 760 g/mol. The fourth-order valence-corrected chi connectivity index (χ4v) is 6.36. The number of alkyl halides is 1. The van der Waals surface area contributed by atoms with E-state index in [1.807, 2.05) is 0 Å². The summed E-state index contributed by atoms with van der Waals surface area (Å²) < 4.78 is 22.8. The van der Waals surface area contributed by atoms with E-state index in [9.17, 15) is 14.4 Å². The molecule has 0 saturated heterocycles. The molecule has 0 heterocycles. The number of ether oxygens (including phenoxy) is 4. The number of carbonyl (C=O) groups excluding carboxylic acids is 3. The fourth-order valence-electron chi connectivity index (χ4n) is 6.13. The highest BCUT2D eigenvalue weighted by atomic mass is 79.9. The molecule has 0 aromatic rings. The summed E-state index contributed by atoms with van der Waals surface area (Å²) in [6.45, 7) is 9.21. The first-order chi connectivity index (χ1) is 23.9. The SMILES string of the molecule is CCCCC(CCCC)OC(=O)CCCCCCCCC(CCCCCCCCC(=O)OC(CCCC)CCCC)OC(=O)COCCBr. The molecule has 0 saturated carbocycles. The average molecular weight is 762 g/mol. The third-order valence-corrected chi connectivity index (χ3v) is 9.49. The Morgan fingerprint density at radius 1 is 0.429 bits per heavy atom. The zero-order valence-electron chi connectivity index (χ0n) is 32.4. The van der Waals surface area contributed by atoms with Crippen LogP contribution in [0.5, 0.6) is 0 Å². The Morgan fingerprint density at radius 2 is 0.735 bits per heavy atom. The van der Waals surface area contributed by atoms with Crippen molar-refractivity contribution in [1.82, 2.24) is 0 Å². The van der Waals surface area contributed by atoms with Crippen LogP contribution in [0, 0.1) is 0 Å².